The van der Waals surface area contributed by atoms with E-state index in [1.165, 1.54) is 5.56 Å². The van der Waals surface area contributed by atoms with Crippen LogP contribution in [0.5, 0.6) is 5.75 Å². The first kappa shape index (κ1) is 16.7. The minimum absolute atomic E-state index is 0.261. The van der Waals surface area contributed by atoms with E-state index in [9.17, 15) is 0 Å². The van der Waals surface area contributed by atoms with Gasteiger partial charge in [-0.3, -0.25) is 9.67 Å². The molecule has 3 aromatic rings. The Morgan fingerprint density at radius 2 is 2.08 bits per heavy atom. The number of nitrogens with zero attached hydrogens (tertiary/aromatic N) is 5. The first-order valence-electron chi connectivity index (χ1n) is 8.85. The van der Waals surface area contributed by atoms with Crippen LogP contribution in [0.4, 0.5) is 5.95 Å². The van der Waals surface area contributed by atoms with Crippen LogP contribution in [-0.2, 0) is 6.54 Å². The van der Waals surface area contributed by atoms with E-state index in [1.807, 2.05) is 17.8 Å². The van der Waals surface area contributed by atoms with E-state index in [0.29, 0.717) is 12.5 Å². The van der Waals surface area contributed by atoms with E-state index in [4.69, 9.17) is 10.5 Å². The number of fused-ring (bicyclic) bond motifs is 1. The second-order valence-corrected chi connectivity index (χ2v) is 6.65. The molecule has 26 heavy (non-hydrogen) atoms. The number of aromatic nitrogens is 5. The van der Waals surface area contributed by atoms with Gasteiger partial charge < -0.3 is 15.8 Å². The SMILES string of the molecule is COc1cc(C2CCNCC2)cnc1Cn1ncc2nc(N)nc(C)c21. The average molecular weight is 353 g/mol. The molecule has 136 valence electrons. The maximum Gasteiger partial charge on any atom is 0.220 e. The lowest BCUT2D eigenvalue weighted by molar-refractivity contribution is 0.400. The first-order valence-corrected chi connectivity index (χ1v) is 8.85. The lowest BCUT2D eigenvalue weighted by atomic mass is 9.91. The van der Waals surface area contributed by atoms with Gasteiger partial charge in [-0.05, 0) is 50.4 Å². The molecule has 1 saturated heterocycles. The number of nitrogens with two attached hydrogens (primary N) is 1. The van der Waals surface area contributed by atoms with Crippen LogP contribution < -0.4 is 15.8 Å². The van der Waals surface area contributed by atoms with Gasteiger partial charge in [-0.25, -0.2) is 9.97 Å². The van der Waals surface area contributed by atoms with E-state index in [0.717, 1.165) is 54.1 Å². The van der Waals surface area contributed by atoms with Crippen LogP contribution in [0.2, 0.25) is 0 Å². The van der Waals surface area contributed by atoms with Crippen molar-refractivity contribution >= 4 is 17.0 Å². The van der Waals surface area contributed by atoms with Crippen molar-refractivity contribution in [2.45, 2.75) is 32.2 Å². The predicted octanol–water partition coefficient (Wildman–Crippen LogP) is 1.64. The largest absolute Gasteiger partial charge is 0.495 e. The number of nitrogen functional groups attached to an aromatic ring is 1. The number of rotatable bonds is 4. The molecule has 3 N–H and O–H groups in total. The zero-order valence-electron chi connectivity index (χ0n) is 15.1. The Labute approximate surface area is 151 Å². The van der Waals surface area contributed by atoms with Gasteiger partial charge in [-0.2, -0.15) is 5.10 Å². The maximum atomic E-state index is 5.72. The van der Waals surface area contributed by atoms with Crippen molar-refractivity contribution in [3.8, 4) is 5.75 Å². The van der Waals surface area contributed by atoms with Gasteiger partial charge in [0.25, 0.3) is 0 Å². The molecule has 8 heteroatoms. The molecule has 0 aliphatic carbocycles. The van der Waals surface area contributed by atoms with Crippen molar-refractivity contribution in [3.63, 3.8) is 0 Å². The molecule has 1 aliphatic heterocycles. The Morgan fingerprint density at radius 1 is 1.27 bits per heavy atom. The molecule has 8 nitrogen and oxygen atoms in total. The topological polar surface area (TPSA) is 104 Å². The van der Waals surface area contributed by atoms with Crippen LogP contribution in [-0.4, -0.2) is 44.9 Å². The van der Waals surface area contributed by atoms with Gasteiger partial charge in [0.15, 0.2) is 0 Å². The fourth-order valence-corrected chi connectivity index (χ4v) is 3.63. The van der Waals surface area contributed by atoms with Gasteiger partial charge in [0.1, 0.15) is 22.5 Å². The monoisotopic (exact) mass is 353 g/mol. The highest BCUT2D eigenvalue weighted by molar-refractivity contribution is 5.77. The molecule has 0 unspecified atom stereocenters. The van der Waals surface area contributed by atoms with Crippen LogP contribution in [0.25, 0.3) is 11.0 Å². The van der Waals surface area contributed by atoms with Crippen molar-refractivity contribution in [3.05, 3.63) is 35.4 Å². The molecule has 0 amide bonds. The number of hydrogen-bond donors (Lipinski definition) is 2. The lowest BCUT2D eigenvalue weighted by Crippen LogP contribution is -2.26. The van der Waals surface area contributed by atoms with Gasteiger partial charge in [0.05, 0.1) is 25.5 Å². The molecule has 0 aromatic carbocycles. The van der Waals surface area contributed by atoms with E-state index < -0.39 is 0 Å². The van der Waals surface area contributed by atoms with Crippen molar-refractivity contribution in [2.75, 3.05) is 25.9 Å². The smallest absolute Gasteiger partial charge is 0.220 e. The minimum atomic E-state index is 0.261. The Balaban J connectivity index is 1.66. The summed E-state index contributed by atoms with van der Waals surface area (Å²) in [7, 11) is 1.68. The second kappa shape index (κ2) is 6.87. The van der Waals surface area contributed by atoms with Crippen LogP contribution in [0.15, 0.2) is 18.5 Å². The summed E-state index contributed by atoms with van der Waals surface area (Å²) in [6.45, 7) is 4.50. The third-order valence-electron chi connectivity index (χ3n) is 4.96. The standard InChI is InChI=1S/C18H23N7O/c1-11-17-14(24-18(19)23-11)9-22-25(17)10-15-16(26-2)7-13(8-21-15)12-3-5-20-6-4-12/h7-9,12,20H,3-6,10H2,1-2H3,(H2,19,23,24). The van der Waals surface area contributed by atoms with Gasteiger partial charge in [-0.15, -0.1) is 0 Å². The van der Waals surface area contributed by atoms with Crippen molar-refractivity contribution in [1.82, 2.24) is 30.0 Å². The minimum Gasteiger partial charge on any atom is -0.495 e. The predicted molar refractivity (Wildman–Crippen MR) is 99.2 cm³/mol. The highest BCUT2D eigenvalue weighted by atomic mass is 16.5. The number of aryl methyl sites for hydroxylation is 1. The van der Waals surface area contributed by atoms with Gasteiger partial charge >= 0.3 is 0 Å². The molecule has 0 spiro atoms. The molecule has 1 fully saturated rings. The molecule has 0 bridgehead atoms. The van der Waals surface area contributed by atoms with Crippen molar-refractivity contribution < 1.29 is 4.74 Å². The van der Waals surface area contributed by atoms with Crippen molar-refractivity contribution in [1.29, 1.82) is 0 Å². The van der Waals surface area contributed by atoms with Crippen molar-refractivity contribution in [2.24, 2.45) is 0 Å². The molecule has 0 saturated carbocycles. The summed E-state index contributed by atoms with van der Waals surface area (Å²) in [5, 5.41) is 7.83. The Hall–Kier alpha value is -2.74. The fraction of sp³-hybridized carbons (Fsp3) is 0.444. The maximum absolute atomic E-state index is 5.72. The molecule has 3 aromatic heterocycles. The first-order chi connectivity index (χ1) is 12.7. The van der Waals surface area contributed by atoms with Crippen LogP contribution in [0, 0.1) is 6.92 Å². The summed E-state index contributed by atoms with van der Waals surface area (Å²) in [4.78, 5) is 13.2. The Bertz CT molecular complexity index is 931. The number of ether oxygens (including phenoxy) is 1. The lowest BCUT2D eigenvalue weighted by Gasteiger charge is -2.23. The zero-order valence-corrected chi connectivity index (χ0v) is 15.1. The molecule has 0 atom stereocenters. The van der Waals surface area contributed by atoms with E-state index >= 15 is 0 Å². The number of piperidine rings is 1. The molecule has 4 heterocycles. The molecule has 1 aliphatic rings. The molecular weight excluding hydrogens is 330 g/mol. The molecule has 0 radical (unpaired) electrons. The number of methoxy groups -OCH3 is 1. The number of hydrogen-bond acceptors (Lipinski definition) is 7. The summed E-state index contributed by atoms with van der Waals surface area (Å²) < 4.78 is 7.46. The van der Waals surface area contributed by atoms with E-state index in [-0.39, 0.29) is 5.95 Å². The van der Waals surface area contributed by atoms with Crippen LogP contribution in [0.1, 0.15) is 35.7 Å². The van der Waals surface area contributed by atoms with Crippen LogP contribution >= 0.6 is 0 Å². The van der Waals surface area contributed by atoms with Crippen LogP contribution in [0.3, 0.4) is 0 Å². The Kier molecular flexibility index (Phi) is 4.42. The highest BCUT2D eigenvalue weighted by Crippen LogP contribution is 2.29. The fourth-order valence-electron chi connectivity index (χ4n) is 3.63. The summed E-state index contributed by atoms with van der Waals surface area (Å²) in [5.74, 6) is 1.59. The number of nitrogens with one attached hydrogen (secondary N) is 1. The zero-order chi connectivity index (χ0) is 18.1. The molecule has 4 rings (SSSR count). The molecular formula is C18H23N7O. The number of anilines is 1. The number of pyridine rings is 1. The summed E-state index contributed by atoms with van der Waals surface area (Å²) in [6.07, 6.45) is 5.94. The summed E-state index contributed by atoms with van der Waals surface area (Å²) in [5.41, 5.74) is 10.2. The average Bonchev–Trinajstić information content (AvgIpc) is 3.05. The van der Waals surface area contributed by atoms with Gasteiger partial charge in [0, 0.05) is 6.20 Å². The Morgan fingerprint density at radius 3 is 2.85 bits per heavy atom. The second-order valence-electron chi connectivity index (χ2n) is 6.65. The van der Waals surface area contributed by atoms with Gasteiger partial charge in [-0.1, -0.05) is 0 Å². The van der Waals surface area contributed by atoms with E-state index in [1.54, 1.807) is 13.3 Å². The third-order valence-corrected chi connectivity index (χ3v) is 4.96. The normalized spacial score (nSPS) is 15.5. The third kappa shape index (κ3) is 3.08. The van der Waals surface area contributed by atoms with Gasteiger partial charge in [0.2, 0.25) is 5.95 Å². The summed E-state index contributed by atoms with van der Waals surface area (Å²) in [6, 6.07) is 2.12. The highest BCUT2D eigenvalue weighted by Gasteiger charge is 2.18. The van der Waals surface area contributed by atoms with E-state index in [2.05, 4.69) is 31.4 Å². The quantitative estimate of drug-likeness (QED) is 0.735. The summed E-state index contributed by atoms with van der Waals surface area (Å²) >= 11 is 0.